The highest BCUT2D eigenvalue weighted by molar-refractivity contribution is 7.99. The van der Waals surface area contributed by atoms with Crippen molar-refractivity contribution in [3.05, 3.63) is 5.82 Å². The number of carbonyl (C=O) groups is 1. The van der Waals surface area contributed by atoms with Crippen molar-refractivity contribution in [1.82, 2.24) is 24.7 Å². The summed E-state index contributed by atoms with van der Waals surface area (Å²) >= 11 is 0.792. The number of piperazine rings is 1. The molecule has 2 saturated heterocycles. The van der Waals surface area contributed by atoms with E-state index in [1.807, 2.05) is 0 Å². The lowest BCUT2D eigenvalue weighted by Gasteiger charge is -2.37. The van der Waals surface area contributed by atoms with Gasteiger partial charge in [-0.3, -0.25) is 9.69 Å². The van der Waals surface area contributed by atoms with E-state index in [2.05, 4.69) is 15.1 Å². The average Bonchev–Trinajstić information content (AvgIpc) is 3.14. The van der Waals surface area contributed by atoms with E-state index < -0.39 is 21.8 Å². The van der Waals surface area contributed by atoms with Gasteiger partial charge < -0.3 is 10.7 Å². The van der Waals surface area contributed by atoms with E-state index in [9.17, 15) is 26.4 Å². The van der Waals surface area contributed by atoms with Crippen LogP contribution in [-0.2, 0) is 20.8 Å². The third-order valence-corrected chi connectivity index (χ3v) is 7.31. The van der Waals surface area contributed by atoms with Crippen LogP contribution in [0.5, 0.6) is 0 Å². The number of aromatic nitrogens is 3. The Hall–Kier alpha value is -1.54. The molecular weight excluding hydrogens is 409 g/mol. The van der Waals surface area contributed by atoms with Gasteiger partial charge in [0.25, 0.3) is 5.82 Å². The fourth-order valence-electron chi connectivity index (χ4n) is 3.19. The van der Waals surface area contributed by atoms with Crippen molar-refractivity contribution in [2.45, 2.75) is 23.8 Å². The van der Waals surface area contributed by atoms with Crippen molar-refractivity contribution in [3.8, 4) is 0 Å². The zero-order valence-electron chi connectivity index (χ0n) is 14.2. The van der Waals surface area contributed by atoms with E-state index in [0.29, 0.717) is 37.3 Å². The Morgan fingerprint density at radius 2 is 1.89 bits per heavy atom. The first-order chi connectivity index (χ1) is 12.6. The maximum absolute atomic E-state index is 12.6. The monoisotopic (exact) mass is 428 g/mol. The number of halogens is 3. The molecule has 0 spiro atoms. The molecule has 1 amide bonds. The quantitative estimate of drug-likeness (QED) is 0.501. The van der Waals surface area contributed by atoms with Crippen molar-refractivity contribution in [1.29, 1.82) is 0 Å². The number of hydrogen-bond acceptors (Lipinski definition) is 8. The summed E-state index contributed by atoms with van der Waals surface area (Å²) in [6.45, 7) is 2.03. The highest BCUT2D eigenvalue weighted by atomic mass is 32.2. The van der Waals surface area contributed by atoms with Crippen LogP contribution >= 0.6 is 11.8 Å². The molecule has 0 aliphatic carbocycles. The maximum Gasteiger partial charge on any atom is 0.453 e. The van der Waals surface area contributed by atoms with Crippen molar-refractivity contribution < 1.29 is 26.4 Å². The summed E-state index contributed by atoms with van der Waals surface area (Å²) in [5.41, 5.74) is 0. The predicted molar refractivity (Wildman–Crippen MR) is 91.1 cm³/mol. The number of hydrogen-bond donors (Lipinski definition) is 1. The molecular formula is C13H19F3N6O3S2. The third-order valence-electron chi connectivity index (χ3n) is 4.63. The summed E-state index contributed by atoms with van der Waals surface area (Å²) < 4.78 is 61.4. The first-order valence-electron chi connectivity index (χ1n) is 8.19. The maximum atomic E-state index is 12.6. The number of rotatable bonds is 4. The molecule has 27 heavy (non-hydrogen) atoms. The molecule has 0 saturated carbocycles. The highest BCUT2D eigenvalue weighted by Crippen LogP contribution is 2.29. The van der Waals surface area contributed by atoms with Crippen LogP contribution in [0.3, 0.4) is 0 Å². The minimum atomic E-state index is -4.71. The second-order valence-corrected chi connectivity index (χ2v) is 9.61. The highest BCUT2D eigenvalue weighted by Gasteiger charge is 2.38. The Bertz CT molecular complexity index is 805. The molecule has 152 valence electrons. The van der Waals surface area contributed by atoms with Crippen molar-refractivity contribution in [2.24, 2.45) is 0 Å². The zero-order valence-corrected chi connectivity index (χ0v) is 15.9. The Morgan fingerprint density at radius 1 is 1.22 bits per heavy atom. The lowest BCUT2D eigenvalue weighted by Crippen LogP contribution is -2.52. The van der Waals surface area contributed by atoms with Crippen LogP contribution in [0.1, 0.15) is 12.2 Å². The molecule has 1 aromatic rings. The van der Waals surface area contributed by atoms with Crippen molar-refractivity contribution in [2.75, 3.05) is 49.3 Å². The minimum absolute atomic E-state index is 0.00166. The van der Waals surface area contributed by atoms with Gasteiger partial charge in [0.2, 0.25) is 11.1 Å². The van der Waals surface area contributed by atoms with Gasteiger partial charge in [0.15, 0.2) is 9.84 Å². The number of nitrogens with zero attached hydrogens (tertiary/aromatic N) is 5. The van der Waals surface area contributed by atoms with Gasteiger partial charge in [-0.15, -0.1) is 10.2 Å². The molecule has 3 heterocycles. The van der Waals surface area contributed by atoms with Gasteiger partial charge in [0.05, 0.1) is 17.3 Å². The number of amides is 1. The topological polar surface area (TPSA) is 114 Å². The molecule has 0 aromatic carbocycles. The lowest BCUT2D eigenvalue weighted by molar-refractivity contribution is -0.146. The molecule has 14 heteroatoms. The van der Waals surface area contributed by atoms with E-state index in [-0.39, 0.29) is 34.4 Å². The van der Waals surface area contributed by atoms with E-state index in [4.69, 9.17) is 5.84 Å². The van der Waals surface area contributed by atoms with Crippen molar-refractivity contribution in [3.63, 3.8) is 0 Å². The molecule has 2 N–H and O–H groups in total. The van der Waals surface area contributed by atoms with E-state index >= 15 is 0 Å². The molecule has 2 aliphatic rings. The predicted octanol–water partition coefficient (Wildman–Crippen LogP) is -0.566. The van der Waals surface area contributed by atoms with E-state index in [1.54, 1.807) is 4.90 Å². The zero-order chi connectivity index (χ0) is 19.8. The third kappa shape index (κ3) is 4.66. The van der Waals surface area contributed by atoms with Crippen LogP contribution in [0, 0.1) is 0 Å². The van der Waals surface area contributed by atoms with Crippen LogP contribution in [0.15, 0.2) is 5.16 Å². The van der Waals surface area contributed by atoms with Gasteiger partial charge in [0.1, 0.15) is 0 Å². The number of alkyl halides is 3. The molecule has 2 aliphatic heterocycles. The number of nitrogen functional groups attached to an aromatic ring is 1. The molecule has 1 atom stereocenters. The summed E-state index contributed by atoms with van der Waals surface area (Å²) in [6, 6.07) is -0.00166. The molecule has 1 aromatic heterocycles. The van der Waals surface area contributed by atoms with E-state index in [1.165, 1.54) is 0 Å². The summed E-state index contributed by atoms with van der Waals surface area (Å²) in [4.78, 5) is 16.0. The van der Waals surface area contributed by atoms with Crippen LogP contribution in [0.2, 0.25) is 0 Å². The second kappa shape index (κ2) is 7.47. The van der Waals surface area contributed by atoms with Crippen LogP contribution in [0.4, 0.5) is 13.2 Å². The van der Waals surface area contributed by atoms with Crippen LogP contribution < -0.4 is 5.84 Å². The SMILES string of the molecule is Nn1c(SCC(=O)N2CCN(C3CCS(=O)(=O)C3)CC2)nnc1C(F)(F)F. The first kappa shape index (κ1) is 20.2. The van der Waals surface area contributed by atoms with Crippen molar-refractivity contribution >= 4 is 27.5 Å². The number of sulfone groups is 1. The second-order valence-electron chi connectivity index (χ2n) is 6.44. The Kier molecular flexibility index (Phi) is 5.59. The summed E-state index contributed by atoms with van der Waals surface area (Å²) in [6.07, 6.45) is -4.10. The van der Waals surface area contributed by atoms with Gasteiger partial charge in [-0.05, 0) is 6.42 Å². The van der Waals surface area contributed by atoms with Crippen LogP contribution in [-0.4, -0.2) is 88.5 Å². The fourth-order valence-corrected chi connectivity index (χ4v) is 5.71. The smallest absolute Gasteiger partial charge is 0.339 e. The van der Waals surface area contributed by atoms with E-state index in [0.717, 1.165) is 11.8 Å². The minimum Gasteiger partial charge on any atom is -0.339 e. The largest absolute Gasteiger partial charge is 0.453 e. The number of carbonyl (C=O) groups excluding carboxylic acids is 1. The molecule has 1 unspecified atom stereocenters. The fraction of sp³-hybridized carbons (Fsp3) is 0.769. The summed E-state index contributed by atoms with van der Waals surface area (Å²) in [5.74, 6) is 4.02. The molecule has 0 bridgehead atoms. The Morgan fingerprint density at radius 3 is 2.41 bits per heavy atom. The van der Waals surface area contributed by atoms with Gasteiger partial charge in [0, 0.05) is 32.2 Å². The summed E-state index contributed by atoms with van der Waals surface area (Å²) in [7, 11) is -2.96. The first-order valence-corrected chi connectivity index (χ1v) is 11.0. The average molecular weight is 428 g/mol. The van der Waals surface area contributed by atoms with Gasteiger partial charge in [-0.25, -0.2) is 13.1 Å². The molecule has 3 rings (SSSR count). The van der Waals surface area contributed by atoms with Crippen LogP contribution in [0.25, 0.3) is 0 Å². The Balaban J connectivity index is 1.48. The van der Waals surface area contributed by atoms with Gasteiger partial charge in [-0.2, -0.15) is 13.2 Å². The normalized spacial score (nSPS) is 23.7. The Labute approximate surface area is 157 Å². The molecule has 9 nitrogen and oxygen atoms in total. The number of thioether (sulfide) groups is 1. The standard InChI is InChI=1S/C13H19F3N6O3S2/c14-13(15,16)11-18-19-12(22(11)17)26-7-10(23)21-4-2-20(3-5-21)9-1-6-27(24,25)8-9/h9H,1-8,17H2. The van der Waals surface area contributed by atoms with Gasteiger partial charge in [-0.1, -0.05) is 11.8 Å². The molecule has 2 fully saturated rings. The summed E-state index contributed by atoms with van der Waals surface area (Å²) in [5, 5.41) is 6.19. The number of nitrogens with two attached hydrogens (primary N) is 1. The molecule has 0 radical (unpaired) electrons. The van der Waals surface area contributed by atoms with Gasteiger partial charge >= 0.3 is 6.18 Å². The lowest BCUT2D eigenvalue weighted by atomic mass is 10.2.